The van der Waals surface area contributed by atoms with Crippen molar-refractivity contribution in [2.45, 2.75) is 25.8 Å². The Balaban J connectivity index is 1.80. The molecule has 0 spiro atoms. The summed E-state index contributed by atoms with van der Waals surface area (Å²) in [6.07, 6.45) is 2.17. The van der Waals surface area contributed by atoms with Crippen LogP contribution in [-0.4, -0.2) is 35.6 Å². The molecule has 4 rings (SSSR count). The fraction of sp³-hybridized carbons (Fsp3) is 0.350. The Kier molecular flexibility index (Phi) is 4.48. The summed E-state index contributed by atoms with van der Waals surface area (Å²) in [5, 5.41) is 6.15. The highest BCUT2D eigenvalue weighted by Crippen LogP contribution is 2.34. The van der Waals surface area contributed by atoms with Crippen LogP contribution in [0.25, 0.3) is 21.8 Å². The number of piperidine rings is 1. The zero-order chi connectivity index (χ0) is 17.4. The molecule has 1 aliphatic heterocycles. The zero-order valence-electron chi connectivity index (χ0n) is 14.2. The quantitative estimate of drug-likeness (QED) is 0.663. The monoisotopic (exact) mass is 357 g/mol. The summed E-state index contributed by atoms with van der Waals surface area (Å²) in [5.74, 6) is -0.244. The van der Waals surface area contributed by atoms with Crippen LogP contribution in [0.4, 0.5) is 10.1 Å². The van der Waals surface area contributed by atoms with Crippen LogP contribution >= 0.6 is 11.6 Å². The van der Waals surface area contributed by atoms with Crippen molar-refractivity contribution in [3.8, 4) is 0 Å². The third-order valence-electron chi connectivity index (χ3n) is 5.08. The minimum absolute atomic E-state index is 0.244. The van der Waals surface area contributed by atoms with Crippen LogP contribution in [0, 0.1) is 5.82 Å². The van der Waals surface area contributed by atoms with E-state index < -0.39 is 0 Å². The van der Waals surface area contributed by atoms with Crippen LogP contribution in [0.1, 0.15) is 19.8 Å². The molecular weight excluding hydrogens is 337 g/mol. The molecule has 0 aliphatic carbocycles. The summed E-state index contributed by atoms with van der Waals surface area (Å²) >= 11 is 6.15. The first-order valence-corrected chi connectivity index (χ1v) is 9.19. The highest BCUT2D eigenvalue weighted by Gasteiger charge is 2.20. The first kappa shape index (κ1) is 16.6. The highest BCUT2D eigenvalue weighted by molar-refractivity contribution is 6.31. The Hall–Kier alpha value is -1.91. The SMILES string of the molecule is CCN1CCC(Nc2c3ccc(Cl)cc3nc3ccc(F)cc23)CC1. The molecule has 1 saturated heterocycles. The average molecular weight is 358 g/mol. The van der Waals surface area contributed by atoms with E-state index in [0.29, 0.717) is 11.1 Å². The minimum Gasteiger partial charge on any atom is -0.381 e. The van der Waals surface area contributed by atoms with Crippen LogP contribution in [0.15, 0.2) is 36.4 Å². The lowest BCUT2D eigenvalue weighted by atomic mass is 10.0. The number of aromatic nitrogens is 1. The molecule has 0 bridgehead atoms. The molecule has 1 aromatic heterocycles. The molecule has 25 heavy (non-hydrogen) atoms. The first-order chi connectivity index (χ1) is 12.1. The molecule has 0 atom stereocenters. The van der Waals surface area contributed by atoms with Gasteiger partial charge in [-0.1, -0.05) is 18.5 Å². The Bertz CT molecular complexity index is 920. The van der Waals surface area contributed by atoms with Gasteiger partial charge in [-0.2, -0.15) is 0 Å². The topological polar surface area (TPSA) is 28.2 Å². The lowest BCUT2D eigenvalue weighted by Crippen LogP contribution is -2.38. The van der Waals surface area contributed by atoms with Crippen molar-refractivity contribution in [3.05, 3.63) is 47.2 Å². The number of anilines is 1. The van der Waals surface area contributed by atoms with Gasteiger partial charge in [0.1, 0.15) is 5.82 Å². The van der Waals surface area contributed by atoms with E-state index in [1.54, 1.807) is 12.1 Å². The molecule has 0 unspecified atom stereocenters. The van der Waals surface area contributed by atoms with Crippen molar-refractivity contribution in [1.29, 1.82) is 0 Å². The molecule has 1 aliphatic rings. The second-order valence-electron chi connectivity index (χ2n) is 6.66. The van der Waals surface area contributed by atoms with Gasteiger partial charge in [0.05, 0.1) is 16.7 Å². The van der Waals surface area contributed by atoms with E-state index in [0.717, 1.165) is 60.0 Å². The largest absolute Gasteiger partial charge is 0.381 e. The molecule has 130 valence electrons. The van der Waals surface area contributed by atoms with Crippen molar-refractivity contribution in [3.63, 3.8) is 0 Å². The number of nitrogens with zero attached hydrogens (tertiary/aromatic N) is 2. The van der Waals surface area contributed by atoms with Crippen molar-refractivity contribution in [1.82, 2.24) is 9.88 Å². The lowest BCUT2D eigenvalue weighted by Gasteiger charge is -2.32. The third kappa shape index (κ3) is 3.29. The second-order valence-corrected chi connectivity index (χ2v) is 7.10. The van der Waals surface area contributed by atoms with Gasteiger partial charge in [-0.15, -0.1) is 0 Å². The minimum atomic E-state index is -0.244. The molecule has 3 nitrogen and oxygen atoms in total. The number of hydrogen-bond donors (Lipinski definition) is 1. The fourth-order valence-corrected chi connectivity index (χ4v) is 3.81. The number of rotatable bonds is 3. The standard InChI is InChI=1S/C20H21ClFN3/c1-2-25-9-7-15(8-10-25)23-20-16-5-3-13(21)11-19(16)24-18-6-4-14(22)12-17(18)20/h3-6,11-12,15H,2,7-10H2,1H3,(H,23,24). The summed E-state index contributed by atoms with van der Waals surface area (Å²) in [6.45, 7) is 5.48. The van der Waals surface area contributed by atoms with Crippen LogP contribution in [0.3, 0.4) is 0 Å². The Morgan fingerprint density at radius 3 is 2.68 bits per heavy atom. The molecular formula is C20H21ClFN3. The molecule has 5 heteroatoms. The zero-order valence-corrected chi connectivity index (χ0v) is 15.0. The average Bonchev–Trinajstić information content (AvgIpc) is 2.62. The van der Waals surface area contributed by atoms with Gasteiger partial charge in [0.25, 0.3) is 0 Å². The van der Waals surface area contributed by atoms with Gasteiger partial charge in [0.15, 0.2) is 0 Å². The maximum absolute atomic E-state index is 13.9. The number of nitrogens with one attached hydrogen (secondary N) is 1. The van der Waals surface area contributed by atoms with Gasteiger partial charge in [-0.3, -0.25) is 0 Å². The summed E-state index contributed by atoms with van der Waals surface area (Å²) in [6, 6.07) is 10.8. The maximum Gasteiger partial charge on any atom is 0.124 e. The van der Waals surface area contributed by atoms with Crippen molar-refractivity contribution in [2.24, 2.45) is 0 Å². The van der Waals surface area contributed by atoms with E-state index in [2.05, 4.69) is 22.1 Å². The first-order valence-electron chi connectivity index (χ1n) is 8.81. The van der Waals surface area contributed by atoms with Crippen LogP contribution < -0.4 is 5.32 Å². The summed E-state index contributed by atoms with van der Waals surface area (Å²) in [4.78, 5) is 7.12. The molecule has 1 fully saturated rings. The van der Waals surface area contributed by atoms with Crippen molar-refractivity contribution < 1.29 is 4.39 Å². The van der Waals surface area contributed by atoms with E-state index in [1.165, 1.54) is 6.07 Å². The van der Waals surface area contributed by atoms with E-state index in [-0.39, 0.29) is 5.82 Å². The molecule has 3 aromatic rings. The normalized spacial score (nSPS) is 16.6. The summed E-state index contributed by atoms with van der Waals surface area (Å²) in [7, 11) is 0. The molecule has 1 N–H and O–H groups in total. The molecule has 2 aromatic carbocycles. The van der Waals surface area contributed by atoms with Gasteiger partial charge < -0.3 is 10.2 Å². The number of likely N-dealkylation sites (tertiary alicyclic amines) is 1. The Labute approximate surface area is 151 Å². The van der Waals surface area contributed by atoms with E-state index in [9.17, 15) is 4.39 Å². The highest BCUT2D eigenvalue weighted by atomic mass is 35.5. The van der Waals surface area contributed by atoms with Gasteiger partial charge >= 0.3 is 0 Å². The van der Waals surface area contributed by atoms with Gasteiger partial charge in [-0.05, 0) is 55.8 Å². The summed E-state index contributed by atoms with van der Waals surface area (Å²) < 4.78 is 13.9. The molecule has 2 heterocycles. The van der Waals surface area contributed by atoms with Crippen molar-refractivity contribution in [2.75, 3.05) is 25.0 Å². The van der Waals surface area contributed by atoms with Gasteiger partial charge in [0.2, 0.25) is 0 Å². The maximum atomic E-state index is 13.9. The van der Waals surface area contributed by atoms with E-state index >= 15 is 0 Å². The van der Waals surface area contributed by atoms with Crippen molar-refractivity contribution >= 4 is 39.1 Å². The number of benzene rings is 2. The fourth-order valence-electron chi connectivity index (χ4n) is 3.64. The van der Waals surface area contributed by atoms with Crippen LogP contribution in [0.5, 0.6) is 0 Å². The number of fused-ring (bicyclic) bond motifs is 2. The smallest absolute Gasteiger partial charge is 0.124 e. The second kappa shape index (κ2) is 6.77. The van der Waals surface area contributed by atoms with Gasteiger partial charge in [0, 0.05) is 34.9 Å². The lowest BCUT2D eigenvalue weighted by molar-refractivity contribution is 0.230. The molecule has 0 amide bonds. The molecule has 0 radical (unpaired) electrons. The number of hydrogen-bond acceptors (Lipinski definition) is 3. The van der Waals surface area contributed by atoms with Crippen LogP contribution in [-0.2, 0) is 0 Å². The predicted molar refractivity (Wildman–Crippen MR) is 103 cm³/mol. The van der Waals surface area contributed by atoms with Crippen LogP contribution in [0.2, 0.25) is 5.02 Å². The Morgan fingerprint density at radius 2 is 1.92 bits per heavy atom. The number of pyridine rings is 1. The third-order valence-corrected chi connectivity index (χ3v) is 5.32. The number of halogens is 2. The van der Waals surface area contributed by atoms with E-state index in [4.69, 9.17) is 11.6 Å². The molecule has 0 saturated carbocycles. The Morgan fingerprint density at radius 1 is 1.12 bits per heavy atom. The van der Waals surface area contributed by atoms with Gasteiger partial charge in [-0.25, -0.2) is 9.37 Å². The predicted octanol–water partition coefficient (Wildman–Crippen LogP) is 5.08. The van der Waals surface area contributed by atoms with E-state index in [1.807, 2.05) is 18.2 Å². The summed E-state index contributed by atoms with van der Waals surface area (Å²) in [5.41, 5.74) is 2.58.